The Hall–Kier alpha value is -0.860. The number of hydrogen-bond acceptors (Lipinski definition) is 3. The standard InChI is InChI=1S/C9H14O3/c1-7(10)5-9(3-4-9)6-8(11)12-2/h3-6H2,1-2H3. The van der Waals surface area contributed by atoms with E-state index >= 15 is 0 Å². The number of carbonyl (C=O) groups excluding carboxylic acids is 2. The highest BCUT2D eigenvalue weighted by Gasteiger charge is 2.45. The van der Waals surface area contributed by atoms with Crippen LogP contribution in [0.25, 0.3) is 0 Å². The van der Waals surface area contributed by atoms with Gasteiger partial charge in [-0.05, 0) is 25.2 Å². The smallest absolute Gasteiger partial charge is 0.306 e. The Bertz CT molecular complexity index is 204. The van der Waals surface area contributed by atoms with Gasteiger partial charge < -0.3 is 9.53 Å². The first-order valence-corrected chi connectivity index (χ1v) is 4.14. The van der Waals surface area contributed by atoms with Crippen LogP contribution in [0.5, 0.6) is 0 Å². The Kier molecular flexibility index (Phi) is 2.50. The number of esters is 1. The first-order chi connectivity index (χ1) is 5.58. The van der Waals surface area contributed by atoms with Gasteiger partial charge in [0.25, 0.3) is 0 Å². The molecule has 0 aromatic rings. The summed E-state index contributed by atoms with van der Waals surface area (Å²) in [6.45, 7) is 1.57. The summed E-state index contributed by atoms with van der Waals surface area (Å²) >= 11 is 0. The molecular formula is C9H14O3. The topological polar surface area (TPSA) is 43.4 Å². The van der Waals surface area contributed by atoms with Gasteiger partial charge in [-0.2, -0.15) is 0 Å². The SMILES string of the molecule is COC(=O)CC1(CC(C)=O)CC1. The summed E-state index contributed by atoms with van der Waals surface area (Å²) in [5, 5.41) is 0. The molecule has 0 unspecified atom stereocenters. The van der Waals surface area contributed by atoms with Gasteiger partial charge in [0.1, 0.15) is 5.78 Å². The fraction of sp³-hybridized carbons (Fsp3) is 0.778. The summed E-state index contributed by atoms with van der Waals surface area (Å²) in [7, 11) is 1.38. The molecule has 1 aliphatic carbocycles. The second kappa shape index (κ2) is 3.25. The predicted octanol–water partition coefficient (Wildman–Crippen LogP) is 1.31. The Morgan fingerprint density at radius 1 is 1.33 bits per heavy atom. The second-order valence-electron chi connectivity index (χ2n) is 3.63. The molecule has 0 heterocycles. The second-order valence-corrected chi connectivity index (χ2v) is 3.63. The van der Waals surface area contributed by atoms with E-state index < -0.39 is 0 Å². The zero-order chi connectivity index (χ0) is 9.19. The molecule has 12 heavy (non-hydrogen) atoms. The number of rotatable bonds is 4. The first-order valence-electron chi connectivity index (χ1n) is 4.14. The van der Waals surface area contributed by atoms with Gasteiger partial charge in [-0.1, -0.05) is 0 Å². The van der Waals surface area contributed by atoms with Crippen molar-refractivity contribution in [2.24, 2.45) is 5.41 Å². The monoisotopic (exact) mass is 170 g/mol. The Morgan fingerprint density at radius 3 is 2.25 bits per heavy atom. The van der Waals surface area contributed by atoms with Crippen LogP contribution in [0.1, 0.15) is 32.6 Å². The molecule has 0 bridgehead atoms. The maximum absolute atomic E-state index is 10.9. The van der Waals surface area contributed by atoms with Crippen LogP contribution in [-0.4, -0.2) is 18.9 Å². The Labute approximate surface area is 72.1 Å². The van der Waals surface area contributed by atoms with Gasteiger partial charge in [-0.15, -0.1) is 0 Å². The molecule has 0 aromatic heterocycles. The molecule has 0 N–H and O–H groups in total. The fourth-order valence-corrected chi connectivity index (χ4v) is 1.50. The third-order valence-electron chi connectivity index (χ3n) is 2.33. The minimum atomic E-state index is -0.200. The van der Waals surface area contributed by atoms with Gasteiger partial charge in [-0.25, -0.2) is 0 Å². The molecule has 1 fully saturated rings. The van der Waals surface area contributed by atoms with E-state index in [-0.39, 0.29) is 17.2 Å². The summed E-state index contributed by atoms with van der Waals surface area (Å²) in [4.78, 5) is 21.7. The highest BCUT2D eigenvalue weighted by atomic mass is 16.5. The number of ether oxygens (including phenoxy) is 1. The van der Waals surface area contributed by atoms with Crippen molar-refractivity contribution in [1.82, 2.24) is 0 Å². The van der Waals surface area contributed by atoms with Crippen molar-refractivity contribution in [2.75, 3.05) is 7.11 Å². The normalized spacial score (nSPS) is 18.5. The number of Topliss-reactive ketones (excluding diaryl/α,β-unsaturated/α-hetero) is 1. The summed E-state index contributed by atoms with van der Waals surface area (Å²) in [6, 6.07) is 0. The lowest BCUT2D eigenvalue weighted by molar-refractivity contribution is -0.142. The first kappa shape index (κ1) is 9.23. The summed E-state index contributed by atoms with van der Waals surface area (Å²) in [5.74, 6) is -0.0369. The van der Waals surface area contributed by atoms with Gasteiger partial charge >= 0.3 is 5.97 Å². The zero-order valence-corrected chi connectivity index (χ0v) is 7.55. The maximum atomic E-state index is 10.9. The van der Waals surface area contributed by atoms with Gasteiger partial charge in [0.2, 0.25) is 0 Å². The van der Waals surface area contributed by atoms with Crippen LogP contribution in [0.3, 0.4) is 0 Å². The molecular weight excluding hydrogens is 156 g/mol. The molecule has 0 amide bonds. The summed E-state index contributed by atoms with van der Waals surface area (Å²) < 4.78 is 4.56. The molecule has 3 heteroatoms. The van der Waals surface area contributed by atoms with Gasteiger partial charge in [0.05, 0.1) is 13.5 Å². The summed E-state index contributed by atoms with van der Waals surface area (Å²) in [6.07, 6.45) is 2.91. The van der Waals surface area contributed by atoms with E-state index in [0.717, 1.165) is 12.8 Å². The largest absolute Gasteiger partial charge is 0.469 e. The molecule has 1 aliphatic rings. The van der Waals surface area contributed by atoms with E-state index in [1.807, 2.05) is 0 Å². The van der Waals surface area contributed by atoms with Crippen LogP contribution in [0.2, 0.25) is 0 Å². The van der Waals surface area contributed by atoms with Gasteiger partial charge in [0.15, 0.2) is 0 Å². The van der Waals surface area contributed by atoms with E-state index in [1.54, 1.807) is 6.92 Å². The molecule has 0 aliphatic heterocycles. The third-order valence-corrected chi connectivity index (χ3v) is 2.33. The lowest BCUT2D eigenvalue weighted by Gasteiger charge is -2.10. The highest BCUT2D eigenvalue weighted by Crippen LogP contribution is 2.52. The van der Waals surface area contributed by atoms with Gasteiger partial charge in [0, 0.05) is 6.42 Å². The lowest BCUT2D eigenvalue weighted by Crippen LogP contribution is -2.13. The maximum Gasteiger partial charge on any atom is 0.306 e. The van der Waals surface area contributed by atoms with Crippen molar-refractivity contribution in [2.45, 2.75) is 32.6 Å². The van der Waals surface area contributed by atoms with Crippen LogP contribution >= 0.6 is 0 Å². The molecule has 0 spiro atoms. The third kappa shape index (κ3) is 2.32. The number of ketones is 1. The molecule has 68 valence electrons. The molecule has 0 aromatic carbocycles. The molecule has 1 saturated carbocycles. The van der Waals surface area contributed by atoms with Crippen LogP contribution in [-0.2, 0) is 14.3 Å². The van der Waals surface area contributed by atoms with Crippen molar-refractivity contribution in [3.05, 3.63) is 0 Å². The minimum Gasteiger partial charge on any atom is -0.469 e. The number of methoxy groups -OCH3 is 1. The van der Waals surface area contributed by atoms with Crippen LogP contribution in [0.15, 0.2) is 0 Å². The zero-order valence-electron chi connectivity index (χ0n) is 7.55. The van der Waals surface area contributed by atoms with E-state index in [2.05, 4.69) is 4.74 Å². The van der Waals surface area contributed by atoms with Crippen molar-refractivity contribution < 1.29 is 14.3 Å². The van der Waals surface area contributed by atoms with Gasteiger partial charge in [-0.3, -0.25) is 4.79 Å². The summed E-state index contributed by atoms with van der Waals surface area (Å²) in [5.41, 5.74) is -0.0288. The fourth-order valence-electron chi connectivity index (χ4n) is 1.50. The van der Waals surface area contributed by atoms with Crippen molar-refractivity contribution in [3.8, 4) is 0 Å². The molecule has 0 atom stereocenters. The molecule has 0 radical (unpaired) electrons. The quantitative estimate of drug-likeness (QED) is 0.597. The average Bonchev–Trinajstić information content (AvgIpc) is 2.67. The van der Waals surface area contributed by atoms with Crippen molar-refractivity contribution in [3.63, 3.8) is 0 Å². The highest BCUT2D eigenvalue weighted by molar-refractivity contribution is 5.78. The molecule has 0 saturated heterocycles. The van der Waals surface area contributed by atoms with E-state index in [4.69, 9.17) is 0 Å². The lowest BCUT2D eigenvalue weighted by atomic mass is 9.96. The number of carbonyl (C=O) groups is 2. The van der Waals surface area contributed by atoms with Crippen molar-refractivity contribution in [1.29, 1.82) is 0 Å². The average molecular weight is 170 g/mol. The van der Waals surface area contributed by atoms with E-state index in [0.29, 0.717) is 12.8 Å². The van der Waals surface area contributed by atoms with E-state index in [1.165, 1.54) is 7.11 Å². The van der Waals surface area contributed by atoms with Crippen LogP contribution in [0.4, 0.5) is 0 Å². The van der Waals surface area contributed by atoms with Crippen LogP contribution < -0.4 is 0 Å². The van der Waals surface area contributed by atoms with Crippen molar-refractivity contribution >= 4 is 11.8 Å². The predicted molar refractivity (Wildman–Crippen MR) is 43.6 cm³/mol. The Morgan fingerprint density at radius 2 is 1.92 bits per heavy atom. The van der Waals surface area contributed by atoms with Crippen LogP contribution in [0, 0.1) is 5.41 Å². The Balaban J connectivity index is 2.39. The van der Waals surface area contributed by atoms with E-state index in [9.17, 15) is 9.59 Å². The number of hydrogen-bond donors (Lipinski definition) is 0. The molecule has 1 rings (SSSR count). The minimum absolute atomic E-state index is 0.0288. The molecule has 3 nitrogen and oxygen atoms in total.